The van der Waals surface area contributed by atoms with Crippen LogP contribution < -0.4 is 9.64 Å². The average Bonchev–Trinajstić information content (AvgIpc) is 2.77. The number of aromatic nitrogens is 1. The molecule has 0 radical (unpaired) electrons. The summed E-state index contributed by atoms with van der Waals surface area (Å²) in [4.78, 5) is 6.70. The van der Waals surface area contributed by atoms with E-state index in [9.17, 15) is 5.26 Å². The lowest BCUT2D eigenvalue weighted by Gasteiger charge is -2.33. The monoisotopic (exact) mass is 361 g/mol. The minimum absolute atomic E-state index is 0.586. The van der Waals surface area contributed by atoms with E-state index in [1.54, 1.807) is 12.3 Å². The predicted molar refractivity (Wildman–Crippen MR) is 109 cm³/mol. The third-order valence-corrected chi connectivity index (χ3v) is 4.74. The van der Waals surface area contributed by atoms with E-state index in [1.807, 2.05) is 72.8 Å². The van der Waals surface area contributed by atoms with Crippen LogP contribution in [0.25, 0.3) is 11.3 Å². The van der Waals surface area contributed by atoms with E-state index < -0.39 is 0 Å². The van der Waals surface area contributed by atoms with Crippen LogP contribution in [0.3, 0.4) is 0 Å². The molecule has 4 aromatic rings. The van der Waals surface area contributed by atoms with Crippen molar-refractivity contribution < 1.29 is 4.74 Å². The van der Waals surface area contributed by atoms with E-state index in [1.165, 1.54) is 0 Å². The molecule has 0 saturated heterocycles. The fourth-order valence-corrected chi connectivity index (χ4v) is 3.50. The maximum Gasteiger partial charge on any atom is 0.151 e. The van der Waals surface area contributed by atoms with Crippen molar-refractivity contribution in [2.24, 2.45) is 0 Å². The molecule has 0 spiro atoms. The molecule has 0 unspecified atom stereocenters. The van der Waals surface area contributed by atoms with Crippen molar-refractivity contribution in [1.29, 1.82) is 5.26 Å². The topological polar surface area (TPSA) is 49.2 Å². The number of para-hydroxylation sites is 5. The van der Waals surface area contributed by atoms with Crippen LogP contribution in [-0.2, 0) is 0 Å². The summed E-state index contributed by atoms with van der Waals surface area (Å²) in [5, 5.41) is 9.28. The standard InChI is InChI=1S/C24H15N3O/c25-16-17-13-14-26-19(15-17)18-7-1-2-8-20(18)27-21-9-3-5-11-23(21)28-24-12-6-4-10-22(24)27/h1-15H. The van der Waals surface area contributed by atoms with Gasteiger partial charge >= 0.3 is 0 Å². The molecule has 0 fully saturated rings. The third kappa shape index (κ3) is 2.58. The Morgan fingerprint density at radius 1 is 0.750 bits per heavy atom. The Morgan fingerprint density at radius 2 is 1.36 bits per heavy atom. The van der Waals surface area contributed by atoms with E-state index in [0.29, 0.717) is 5.56 Å². The first-order chi connectivity index (χ1) is 13.8. The van der Waals surface area contributed by atoms with Gasteiger partial charge < -0.3 is 9.64 Å². The fraction of sp³-hybridized carbons (Fsp3) is 0. The molecule has 132 valence electrons. The molecule has 0 saturated carbocycles. The minimum atomic E-state index is 0.586. The van der Waals surface area contributed by atoms with Crippen LogP contribution in [0.2, 0.25) is 0 Å². The van der Waals surface area contributed by atoms with Gasteiger partial charge in [0.2, 0.25) is 0 Å². The Kier molecular flexibility index (Phi) is 3.78. The number of benzene rings is 3. The van der Waals surface area contributed by atoms with Crippen LogP contribution in [0.15, 0.2) is 91.1 Å². The lowest BCUT2D eigenvalue weighted by molar-refractivity contribution is 0.477. The molecule has 0 N–H and O–H groups in total. The quantitative estimate of drug-likeness (QED) is 0.376. The summed E-state index contributed by atoms with van der Waals surface area (Å²) in [5.74, 6) is 1.60. The molecule has 0 atom stereocenters. The van der Waals surface area contributed by atoms with Crippen molar-refractivity contribution in [2.45, 2.75) is 0 Å². The van der Waals surface area contributed by atoms with Gasteiger partial charge in [0, 0.05) is 11.8 Å². The smallest absolute Gasteiger partial charge is 0.151 e. The summed E-state index contributed by atoms with van der Waals surface area (Å²) in [5.41, 5.74) is 5.20. The zero-order valence-electron chi connectivity index (χ0n) is 14.9. The SMILES string of the molecule is N#Cc1ccnc(-c2ccccc2N2c3ccccc3Oc3ccccc32)c1. The highest BCUT2D eigenvalue weighted by Gasteiger charge is 2.27. The summed E-state index contributed by atoms with van der Waals surface area (Å²) in [6.07, 6.45) is 1.67. The Labute approximate surface area is 162 Å². The maximum absolute atomic E-state index is 9.28. The summed E-state index contributed by atoms with van der Waals surface area (Å²) in [6.45, 7) is 0. The van der Waals surface area contributed by atoms with Gasteiger partial charge in [0.05, 0.1) is 34.4 Å². The first-order valence-electron chi connectivity index (χ1n) is 8.97. The zero-order chi connectivity index (χ0) is 18.9. The van der Waals surface area contributed by atoms with Gasteiger partial charge in [-0.1, -0.05) is 42.5 Å². The second kappa shape index (κ2) is 6.57. The molecule has 0 bridgehead atoms. The molecule has 4 heteroatoms. The molecule has 4 nitrogen and oxygen atoms in total. The second-order valence-corrected chi connectivity index (χ2v) is 6.43. The molecule has 1 aliphatic rings. The van der Waals surface area contributed by atoms with Crippen LogP contribution >= 0.6 is 0 Å². The lowest BCUT2D eigenvalue weighted by atomic mass is 10.0. The van der Waals surface area contributed by atoms with Gasteiger partial charge in [-0.3, -0.25) is 4.98 Å². The van der Waals surface area contributed by atoms with E-state index in [0.717, 1.165) is 39.8 Å². The van der Waals surface area contributed by atoms with Crippen molar-refractivity contribution in [3.8, 4) is 28.8 Å². The van der Waals surface area contributed by atoms with E-state index >= 15 is 0 Å². The first-order valence-corrected chi connectivity index (χ1v) is 8.97. The van der Waals surface area contributed by atoms with Gasteiger partial charge in [-0.25, -0.2) is 0 Å². The lowest BCUT2D eigenvalue weighted by Crippen LogP contribution is -2.16. The summed E-state index contributed by atoms with van der Waals surface area (Å²) in [7, 11) is 0. The third-order valence-electron chi connectivity index (χ3n) is 4.74. The molecule has 28 heavy (non-hydrogen) atoms. The molecule has 1 aromatic heterocycles. The predicted octanol–water partition coefficient (Wildman–Crippen LogP) is 6.20. The highest BCUT2D eigenvalue weighted by molar-refractivity contribution is 5.92. The molecule has 0 aliphatic carbocycles. The van der Waals surface area contributed by atoms with Gasteiger partial charge in [0.15, 0.2) is 11.5 Å². The molecular formula is C24H15N3O. The summed E-state index contributed by atoms with van der Waals surface area (Å²) < 4.78 is 6.11. The minimum Gasteiger partial charge on any atom is -0.453 e. The van der Waals surface area contributed by atoms with Crippen molar-refractivity contribution in [1.82, 2.24) is 4.98 Å². The number of ether oxygens (including phenoxy) is 1. The molecule has 5 rings (SSSR count). The number of nitriles is 1. The number of pyridine rings is 1. The van der Waals surface area contributed by atoms with Crippen molar-refractivity contribution in [3.63, 3.8) is 0 Å². The fourth-order valence-electron chi connectivity index (χ4n) is 3.50. The molecule has 0 amide bonds. The first kappa shape index (κ1) is 16.1. The average molecular weight is 361 g/mol. The largest absolute Gasteiger partial charge is 0.453 e. The Bertz CT molecular complexity index is 1180. The normalized spacial score (nSPS) is 11.8. The Hall–Kier alpha value is -4.10. The molecule has 3 aromatic carbocycles. The van der Waals surface area contributed by atoms with E-state index in [2.05, 4.69) is 22.0 Å². The number of fused-ring (bicyclic) bond motifs is 2. The van der Waals surface area contributed by atoms with Crippen molar-refractivity contribution in [3.05, 3.63) is 96.7 Å². The highest BCUT2D eigenvalue weighted by atomic mass is 16.5. The summed E-state index contributed by atoms with van der Waals surface area (Å²) in [6, 6.07) is 29.8. The van der Waals surface area contributed by atoms with Gasteiger partial charge in [-0.15, -0.1) is 0 Å². The highest BCUT2D eigenvalue weighted by Crippen LogP contribution is 2.51. The number of nitrogens with zero attached hydrogens (tertiary/aromatic N) is 3. The molecule has 1 aliphatic heterocycles. The van der Waals surface area contributed by atoms with E-state index in [-0.39, 0.29) is 0 Å². The maximum atomic E-state index is 9.28. The number of hydrogen-bond donors (Lipinski definition) is 0. The van der Waals surface area contributed by atoms with Crippen LogP contribution in [0.4, 0.5) is 17.1 Å². The van der Waals surface area contributed by atoms with Crippen LogP contribution in [0.1, 0.15) is 5.56 Å². The zero-order valence-corrected chi connectivity index (χ0v) is 14.9. The Morgan fingerprint density at radius 3 is 2.04 bits per heavy atom. The van der Waals surface area contributed by atoms with Crippen LogP contribution in [0.5, 0.6) is 11.5 Å². The molecular weight excluding hydrogens is 346 g/mol. The van der Waals surface area contributed by atoms with Gasteiger partial charge in [-0.2, -0.15) is 5.26 Å². The van der Waals surface area contributed by atoms with Crippen LogP contribution in [0, 0.1) is 11.3 Å². The summed E-state index contributed by atoms with van der Waals surface area (Å²) >= 11 is 0. The molecule has 2 heterocycles. The van der Waals surface area contributed by atoms with Gasteiger partial charge in [0.25, 0.3) is 0 Å². The van der Waals surface area contributed by atoms with Gasteiger partial charge in [0.1, 0.15) is 0 Å². The second-order valence-electron chi connectivity index (χ2n) is 6.43. The number of rotatable bonds is 2. The van der Waals surface area contributed by atoms with E-state index in [4.69, 9.17) is 4.74 Å². The van der Waals surface area contributed by atoms with Crippen molar-refractivity contribution in [2.75, 3.05) is 4.90 Å². The van der Waals surface area contributed by atoms with Crippen LogP contribution in [-0.4, -0.2) is 4.98 Å². The number of anilines is 3. The Balaban J connectivity index is 1.76. The number of hydrogen-bond acceptors (Lipinski definition) is 4. The van der Waals surface area contributed by atoms with Gasteiger partial charge in [-0.05, 0) is 42.5 Å². The van der Waals surface area contributed by atoms with Crippen molar-refractivity contribution >= 4 is 17.1 Å².